The van der Waals surface area contributed by atoms with E-state index in [1.807, 2.05) is 24.3 Å². The highest BCUT2D eigenvalue weighted by molar-refractivity contribution is 6.11. The summed E-state index contributed by atoms with van der Waals surface area (Å²) in [6.45, 7) is 8.63. The Hall–Kier alpha value is -6.66. The number of hydrogen-bond acceptors (Lipinski definition) is 6. The predicted octanol–water partition coefficient (Wildman–Crippen LogP) is 11.8. The second-order valence-electron chi connectivity index (χ2n) is 13.2. The van der Waals surface area contributed by atoms with Gasteiger partial charge in [-0.05, 0) is 105 Å². The molecule has 6 aromatic carbocycles. The van der Waals surface area contributed by atoms with Crippen LogP contribution in [-0.4, -0.2) is 38.4 Å². The van der Waals surface area contributed by atoms with Crippen LogP contribution in [0, 0.1) is 0 Å². The van der Waals surface area contributed by atoms with Crippen molar-refractivity contribution in [3.05, 3.63) is 169 Å². The number of hydrogen-bond donors (Lipinski definition) is 0. The fraction of sp³-hybridized carbons (Fsp3) is 0.160. The maximum absolute atomic E-state index is 11.2. The molecule has 0 bridgehead atoms. The van der Waals surface area contributed by atoms with Gasteiger partial charge in [-0.25, -0.2) is 9.59 Å². The van der Waals surface area contributed by atoms with E-state index in [1.165, 1.54) is 44.8 Å². The lowest BCUT2D eigenvalue weighted by Crippen LogP contribution is -2.04. The van der Waals surface area contributed by atoms with Gasteiger partial charge < -0.3 is 18.9 Å². The summed E-state index contributed by atoms with van der Waals surface area (Å²) >= 11 is 0. The molecule has 0 unspecified atom stereocenters. The minimum atomic E-state index is -0.402. The van der Waals surface area contributed by atoms with E-state index in [4.69, 9.17) is 18.9 Å². The molecule has 0 aliphatic heterocycles. The molecule has 0 fully saturated rings. The average molecular weight is 743 g/mol. The maximum Gasteiger partial charge on any atom is 0.330 e. The van der Waals surface area contributed by atoms with Crippen LogP contribution in [0.15, 0.2) is 147 Å². The largest absolute Gasteiger partial charge is 0.494 e. The normalized spacial score (nSPS) is 11.2. The molecule has 6 aromatic rings. The zero-order valence-corrected chi connectivity index (χ0v) is 31.5. The van der Waals surface area contributed by atoms with Gasteiger partial charge in [0.15, 0.2) is 0 Å². The standard InChI is InChI=1S/C50H46O6/c1-3-47(51)55-35-11-9-33-53-43-29-19-37(20-30-43)17-23-41-27-25-39-13-5-7-15-45(39)49(41)50-42(28-26-40-14-6-8-16-46(40)50)24-18-38-21-31-44(32-22-38)54-34-10-12-36-56-48(52)4-2/h3-8,13-32H,1-2,9-12,33-36H2/b23-17+,24-18+. The van der Waals surface area contributed by atoms with Crippen molar-refractivity contribution >= 4 is 57.8 Å². The van der Waals surface area contributed by atoms with Crippen LogP contribution in [0.5, 0.6) is 11.5 Å². The van der Waals surface area contributed by atoms with Crippen molar-refractivity contribution in [1.82, 2.24) is 0 Å². The summed E-state index contributed by atoms with van der Waals surface area (Å²) in [6, 6.07) is 42.1. The highest BCUT2D eigenvalue weighted by Gasteiger charge is 2.15. The fourth-order valence-electron chi connectivity index (χ4n) is 6.39. The lowest BCUT2D eigenvalue weighted by atomic mass is 9.86. The number of benzene rings is 6. The van der Waals surface area contributed by atoms with Crippen molar-refractivity contribution < 1.29 is 28.5 Å². The molecule has 6 nitrogen and oxygen atoms in total. The first kappa shape index (κ1) is 39.0. The van der Waals surface area contributed by atoms with Crippen molar-refractivity contribution in [2.75, 3.05) is 26.4 Å². The molecular weight excluding hydrogens is 697 g/mol. The van der Waals surface area contributed by atoms with Crippen molar-refractivity contribution in [2.24, 2.45) is 0 Å². The van der Waals surface area contributed by atoms with Crippen LogP contribution in [0.2, 0.25) is 0 Å². The van der Waals surface area contributed by atoms with Gasteiger partial charge in [0.25, 0.3) is 0 Å². The molecule has 0 saturated heterocycles. The fourth-order valence-corrected chi connectivity index (χ4v) is 6.39. The number of ether oxygens (including phenoxy) is 4. The van der Waals surface area contributed by atoms with Gasteiger partial charge >= 0.3 is 11.9 Å². The number of fused-ring (bicyclic) bond motifs is 2. The molecule has 0 radical (unpaired) electrons. The first-order chi connectivity index (χ1) is 27.5. The van der Waals surface area contributed by atoms with Crippen LogP contribution in [0.1, 0.15) is 47.9 Å². The first-order valence-corrected chi connectivity index (χ1v) is 19.0. The SMILES string of the molecule is C=CC(=O)OCCCCOc1ccc(/C=C/c2ccc3ccccc3c2-c2c(/C=C/c3ccc(OCCCCOC(=O)C=C)cc3)ccc3ccccc23)cc1. The van der Waals surface area contributed by atoms with Crippen LogP contribution >= 0.6 is 0 Å². The predicted molar refractivity (Wildman–Crippen MR) is 229 cm³/mol. The second kappa shape index (κ2) is 20.1. The van der Waals surface area contributed by atoms with Gasteiger partial charge in [0.2, 0.25) is 0 Å². The van der Waals surface area contributed by atoms with Crippen LogP contribution < -0.4 is 9.47 Å². The zero-order valence-electron chi connectivity index (χ0n) is 31.5. The number of rotatable bonds is 19. The molecule has 282 valence electrons. The number of carbonyl (C=O) groups excluding carboxylic acids is 2. The highest BCUT2D eigenvalue weighted by atomic mass is 16.5. The third-order valence-corrected chi connectivity index (χ3v) is 9.28. The van der Waals surface area contributed by atoms with Gasteiger partial charge in [0.1, 0.15) is 11.5 Å². The van der Waals surface area contributed by atoms with Crippen LogP contribution in [-0.2, 0) is 19.1 Å². The quantitative estimate of drug-likeness (QED) is 0.0356. The molecule has 56 heavy (non-hydrogen) atoms. The Morgan fingerprint density at radius 2 is 0.839 bits per heavy atom. The summed E-state index contributed by atoms with van der Waals surface area (Å²) in [5, 5.41) is 4.72. The second-order valence-corrected chi connectivity index (χ2v) is 13.2. The maximum atomic E-state index is 11.2. The van der Waals surface area contributed by atoms with Gasteiger partial charge in [-0.1, -0.05) is 135 Å². The average Bonchev–Trinajstić information content (AvgIpc) is 3.24. The van der Waals surface area contributed by atoms with E-state index in [0.29, 0.717) is 26.4 Å². The molecule has 6 rings (SSSR count). The Bertz CT molecular complexity index is 2170. The molecule has 0 heterocycles. The van der Waals surface area contributed by atoms with E-state index < -0.39 is 11.9 Å². The number of esters is 2. The summed E-state index contributed by atoms with van der Waals surface area (Å²) in [5.41, 5.74) is 6.72. The monoisotopic (exact) mass is 742 g/mol. The Morgan fingerprint density at radius 3 is 1.25 bits per heavy atom. The zero-order chi connectivity index (χ0) is 39.0. The Balaban J connectivity index is 1.22. The Morgan fingerprint density at radius 1 is 0.446 bits per heavy atom. The highest BCUT2D eigenvalue weighted by Crippen LogP contribution is 2.40. The molecule has 0 amide bonds. The summed E-state index contributed by atoms with van der Waals surface area (Å²) < 4.78 is 21.9. The topological polar surface area (TPSA) is 71.1 Å². The van der Waals surface area contributed by atoms with Crippen LogP contribution in [0.4, 0.5) is 0 Å². The van der Waals surface area contributed by atoms with E-state index in [2.05, 4.69) is 135 Å². The van der Waals surface area contributed by atoms with Crippen molar-refractivity contribution in [3.63, 3.8) is 0 Å². The minimum Gasteiger partial charge on any atom is -0.494 e. The molecule has 0 atom stereocenters. The molecule has 0 aromatic heterocycles. The summed E-state index contributed by atoms with van der Waals surface area (Å²) in [4.78, 5) is 22.4. The van der Waals surface area contributed by atoms with Gasteiger partial charge in [-0.15, -0.1) is 0 Å². The minimum absolute atomic E-state index is 0.358. The number of carbonyl (C=O) groups is 2. The van der Waals surface area contributed by atoms with E-state index >= 15 is 0 Å². The van der Waals surface area contributed by atoms with Crippen molar-refractivity contribution in [1.29, 1.82) is 0 Å². The summed E-state index contributed by atoms with van der Waals surface area (Å²) in [7, 11) is 0. The Kier molecular flexibility index (Phi) is 14.0. The molecule has 6 heteroatoms. The number of unbranched alkanes of at least 4 members (excludes halogenated alkanes) is 2. The third kappa shape index (κ3) is 10.7. The first-order valence-electron chi connectivity index (χ1n) is 19.0. The molecule has 0 spiro atoms. The van der Waals surface area contributed by atoms with Crippen LogP contribution in [0.3, 0.4) is 0 Å². The molecule has 0 aliphatic carbocycles. The van der Waals surface area contributed by atoms with E-state index in [-0.39, 0.29) is 0 Å². The molecule has 0 saturated carbocycles. The lowest BCUT2D eigenvalue weighted by molar-refractivity contribution is -0.138. The Labute approximate surface area is 329 Å². The summed E-state index contributed by atoms with van der Waals surface area (Å²) in [5.74, 6) is 0.792. The van der Waals surface area contributed by atoms with Gasteiger partial charge in [0, 0.05) is 12.2 Å². The summed E-state index contributed by atoms with van der Waals surface area (Å²) in [6.07, 6.45) is 14.1. The van der Waals surface area contributed by atoms with E-state index in [9.17, 15) is 9.59 Å². The third-order valence-electron chi connectivity index (χ3n) is 9.28. The van der Waals surface area contributed by atoms with E-state index in [1.54, 1.807) is 0 Å². The molecular formula is C50H46O6. The smallest absolute Gasteiger partial charge is 0.330 e. The lowest BCUT2D eigenvalue weighted by Gasteiger charge is -2.17. The van der Waals surface area contributed by atoms with Crippen molar-refractivity contribution in [3.8, 4) is 22.6 Å². The van der Waals surface area contributed by atoms with Gasteiger partial charge in [-0.3, -0.25) is 0 Å². The molecule has 0 aliphatic rings. The van der Waals surface area contributed by atoms with Crippen molar-refractivity contribution in [2.45, 2.75) is 25.7 Å². The van der Waals surface area contributed by atoms with Gasteiger partial charge in [0.05, 0.1) is 26.4 Å². The molecule has 0 N–H and O–H groups in total. The van der Waals surface area contributed by atoms with E-state index in [0.717, 1.165) is 59.4 Å². The van der Waals surface area contributed by atoms with Gasteiger partial charge in [-0.2, -0.15) is 0 Å². The van der Waals surface area contributed by atoms with Crippen LogP contribution in [0.25, 0.3) is 57.0 Å².